The van der Waals surface area contributed by atoms with E-state index in [-0.39, 0.29) is 5.91 Å². The number of ether oxygens (including phenoxy) is 3. The largest absolute Gasteiger partial charge is 0.495 e. The van der Waals surface area contributed by atoms with E-state index in [2.05, 4.69) is 21.2 Å². The summed E-state index contributed by atoms with van der Waals surface area (Å²) in [6.07, 6.45) is 3.11. The Morgan fingerprint density at radius 1 is 1.08 bits per heavy atom. The van der Waals surface area contributed by atoms with Gasteiger partial charge < -0.3 is 19.5 Å². The first kappa shape index (κ1) is 20.1. The van der Waals surface area contributed by atoms with Gasteiger partial charge in [-0.15, -0.1) is 0 Å². The zero-order chi connectivity index (χ0) is 19.3. The van der Waals surface area contributed by atoms with Crippen molar-refractivity contribution in [2.75, 3.05) is 26.6 Å². The van der Waals surface area contributed by atoms with E-state index in [1.165, 1.54) is 13.2 Å². The van der Waals surface area contributed by atoms with Gasteiger partial charge in [0.05, 0.1) is 31.5 Å². The molecule has 0 heterocycles. The summed E-state index contributed by atoms with van der Waals surface area (Å²) in [5.74, 6) is 1.36. The first-order chi connectivity index (χ1) is 12.4. The maximum atomic E-state index is 12.3. The lowest BCUT2D eigenvalue weighted by atomic mass is 10.1. The first-order valence-corrected chi connectivity index (χ1v) is 8.81. The van der Waals surface area contributed by atoms with E-state index in [0.717, 1.165) is 15.6 Å². The SMILES string of the molecule is COc1cc(Cl)c(C)cc1NC(=O)C=Cc1cc(Br)c(OC)c(OC)c1. The molecule has 7 heteroatoms. The lowest BCUT2D eigenvalue weighted by Crippen LogP contribution is -2.09. The number of hydrogen-bond donors (Lipinski definition) is 1. The van der Waals surface area contributed by atoms with Gasteiger partial charge in [0.1, 0.15) is 5.75 Å². The van der Waals surface area contributed by atoms with E-state index in [9.17, 15) is 4.79 Å². The van der Waals surface area contributed by atoms with Crippen LogP contribution >= 0.6 is 27.5 Å². The molecule has 0 aliphatic rings. The number of benzene rings is 2. The summed E-state index contributed by atoms with van der Waals surface area (Å²) in [6, 6.07) is 7.04. The number of hydrogen-bond acceptors (Lipinski definition) is 4. The third kappa shape index (κ3) is 4.71. The highest BCUT2D eigenvalue weighted by atomic mass is 79.9. The van der Waals surface area contributed by atoms with Crippen molar-refractivity contribution in [1.29, 1.82) is 0 Å². The molecule has 0 spiro atoms. The molecular weight excluding hydrogens is 422 g/mol. The molecule has 0 aromatic heterocycles. The Morgan fingerprint density at radius 2 is 1.77 bits per heavy atom. The lowest BCUT2D eigenvalue weighted by molar-refractivity contribution is -0.111. The quantitative estimate of drug-likeness (QED) is 0.636. The zero-order valence-electron chi connectivity index (χ0n) is 14.9. The van der Waals surface area contributed by atoms with Crippen LogP contribution < -0.4 is 19.5 Å². The summed E-state index contributed by atoms with van der Waals surface area (Å²) < 4.78 is 16.6. The number of anilines is 1. The molecule has 5 nitrogen and oxygen atoms in total. The van der Waals surface area contributed by atoms with Crippen LogP contribution in [0.15, 0.2) is 34.8 Å². The topological polar surface area (TPSA) is 56.8 Å². The smallest absolute Gasteiger partial charge is 0.248 e. The van der Waals surface area contributed by atoms with Gasteiger partial charge in [-0.3, -0.25) is 4.79 Å². The average Bonchev–Trinajstić information content (AvgIpc) is 2.62. The standard InChI is InChI=1S/C19H19BrClNO4/c1-11-7-15(16(24-2)10-14(11)21)22-18(23)6-5-12-8-13(20)19(26-4)17(9-12)25-3/h5-10H,1-4H3,(H,22,23). The van der Waals surface area contributed by atoms with Crippen LogP contribution in [-0.2, 0) is 4.79 Å². The second-order valence-electron chi connectivity index (χ2n) is 5.36. The maximum absolute atomic E-state index is 12.3. The molecule has 0 fully saturated rings. The fourth-order valence-electron chi connectivity index (χ4n) is 2.31. The number of rotatable bonds is 6. The molecule has 138 valence electrons. The molecule has 2 rings (SSSR count). The fraction of sp³-hybridized carbons (Fsp3) is 0.211. The predicted octanol–water partition coefficient (Wildman–Crippen LogP) is 5.09. The van der Waals surface area contributed by atoms with E-state index in [0.29, 0.717) is 28.0 Å². The van der Waals surface area contributed by atoms with Crippen molar-refractivity contribution in [3.05, 3.63) is 51.0 Å². The van der Waals surface area contributed by atoms with Crippen LogP contribution in [-0.4, -0.2) is 27.2 Å². The van der Waals surface area contributed by atoms with Crippen LogP contribution in [0.5, 0.6) is 17.2 Å². The Hall–Kier alpha value is -2.18. The predicted molar refractivity (Wildman–Crippen MR) is 108 cm³/mol. The molecule has 0 unspecified atom stereocenters. The first-order valence-electron chi connectivity index (χ1n) is 7.64. The molecular formula is C19H19BrClNO4. The van der Waals surface area contributed by atoms with Crippen molar-refractivity contribution in [2.45, 2.75) is 6.92 Å². The van der Waals surface area contributed by atoms with E-state index < -0.39 is 0 Å². The second-order valence-corrected chi connectivity index (χ2v) is 6.62. The summed E-state index contributed by atoms with van der Waals surface area (Å²) in [5.41, 5.74) is 2.18. The Bertz CT molecular complexity index is 852. The number of aryl methyl sites for hydroxylation is 1. The number of carbonyl (C=O) groups excluding carboxylic acids is 1. The Kier molecular flexibility index (Phi) is 6.94. The minimum absolute atomic E-state index is 0.295. The maximum Gasteiger partial charge on any atom is 0.248 e. The van der Waals surface area contributed by atoms with Crippen molar-refractivity contribution >= 4 is 45.2 Å². The van der Waals surface area contributed by atoms with Crippen molar-refractivity contribution < 1.29 is 19.0 Å². The van der Waals surface area contributed by atoms with Crippen LogP contribution in [0.25, 0.3) is 6.08 Å². The average molecular weight is 441 g/mol. The number of nitrogens with one attached hydrogen (secondary N) is 1. The summed E-state index contributed by atoms with van der Waals surface area (Å²) >= 11 is 9.50. The van der Waals surface area contributed by atoms with Crippen LogP contribution in [0.3, 0.4) is 0 Å². The van der Waals surface area contributed by atoms with Gasteiger partial charge in [-0.25, -0.2) is 0 Å². The molecule has 0 bridgehead atoms. The molecule has 0 aliphatic heterocycles. The van der Waals surface area contributed by atoms with Crippen molar-refractivity contribution in [2.24, 2.45) is 0 Å². The van der Waals surface area contributed by atoms with Crippen LogP contribution in [0.4, 0.5) is 5.69 Å². The Balaban J connectivity index is 2.20. The molecule has 0 saturated heterocycles. The van der Waals surface area contributed by atoms with Crippen LogP contribution in [0, 0.1) is 6.92 Å². The minimum Gasteiger partial charge on any atom is -0.495 e. The lowest BCUT2D eigenvalue weighted by Gasteiger charge is -2.11. The van der Waals surface area contributed by atoms with Gasteiger partial charge in [-0.2, -0.15) is 0 Å². The van der Waals surface area contributed by atoms with Gasteiger partial charge >= 0.3 is 0 Å². The van der Waals surface area contributed by atoms with Gasteiger partial charge in [0.25, 0.3) is 0 Å². The van der Waals surface area contributed by atoms with Gasteiger partial charge in [0.2, 0.25) is 5.91 Å². The van der Waals surface area contributed by atoms with Crippen LogP contribution in [0.2, 0.25) is 5.02 Å². The summed E-state index contributed by atoms with van der Waals surface area (Å²) in [5, 5.41) is 3.36. The number of amides is 1. The van der Waals surface area contributed by atoms with E-state index in [4.69, 9.17) is 25.8 Å². The molecule has 0 atom stereocenters. The van der Waals surface area contributed by atoms with Crippen LogP contribution in [0.1, 0.15) is 11.1 Å². The summed E-state index contributed by atoms with van der Waals surface area (Å²) in [7, 11) is 4.64. The molecule has 1 amide bonds. The molecule has 2 aromatic carbocycles. The van der Waals surface area contributed by atoms with Gasteiger partial charge in [0, 0.05) is 17.2 Å². The normalized spacial score (nSPS) is 10.7. The number of carbonyl (C=O) groups is 1. The molecule has 0 aliphatic carbocycles. The van der Waals surface area contributed by atoms with Gasteiger partial charge in [0.15, 0.2) is 11.5 Å². The zero-order valence-corrected chi connectivity index (χ0v) is 17.2. The fourth-order valence-corrected chi connectivity index (χ4v) is 3.09. The van der Waals surface area contributed by atoms with Crippen molar-refractivity contribution in [3.63, 3.8) is 0 Å². The van der Waals surface area contributed by atoms with E-state index >= 15 is 0 Å². The van der Waals surface area contributed by atoms with Gasteiger partial charge in [-0.1, -0.05) is 11.6 Å². The van der Waals surface area contributed by atoms with Crippen molar-refractivity contribution in [1.82, 2.24) is 0 Å². The molecule has 2 aromatic rings. The van der Waals surface area contributed by atoms with Gasteiger partial charge in [-0.05, 0) is 58.3 Å². The third-order valence-corrected chi connectivity index (χ3v) is 4.62. The second kappa shape index (κ2) is 8.96. The highest BCUT2D eigenvalue weighted by molar-refractivity contribution is 9.10. The van der Waals surface area contributed by atoms with Crippen molar-refractivity contribution in [3.8, 4) is 17.2 Å². The third-order valence-electron chi connectivity index (χ3n) is 3.62. The molecule has 0 saturated carbocycles. The summed E-state index contributed by atoms with van der Waals surface area (Å²) in [4.78, 5) is 12.3. The molecule has 0 radical (unpaired) electrons. The monoisotopic (exact) mass is 439 g/mol. The Labute approximate surface area is 166 Å². The molecule has 1 N–H and O–H groups in total. The minimum atomic E-state index is -0.295. The number of methoxy groups -OCH3 is 3. The number of halogens is 2. The van der Waals surface area contributed by atoms with E-state index in [1.54, 1.807) is 38.5 Å². The molecule has 26 heavy (non-hydrogen) atoms. The van der Waals surface area contributed by atoms with E-state index in [1.807, 2.05) is 13.0 Å². The summed E-state index contributed by atoms with van der Waals surface area (Å²) in [6.45, 7) is 1.86. The highest BCUT2D eigenvalue weighted by Gasteiger charge is 2.11. The highest BCUT2D eigenvalue weighted by Crippen LogP contribution is 2.36. The Morgan fingerprint density at radius 3 is 2.38 bits per heavy atom.